The van der Waals surface area contributed by atoms with Gasteiger partial charge in [-0.1, -0.05) is 0 Å². The van der Waals surface area contributed by atoms with Crippen molar-refractivity contribution in [3.63, 3.8) is 0 Å². The summed E-state index contributed by atoms with van der Waals surface area (Å²) in [6, 6.07) is 7.42. The molecule has 1 atom stereocenters. The van der Waals surface area contributed by atoms with Crippen LogP contribution in [0.3, 0.4) is 0 Å². The van der Waals surface area contributed by atoms with E-state index in [1.165, 1.54) is 24.3 Å². The second-order valence-corrected chi connectivity index (χ2v) is 11.1. The van der Waals surface area contributed by atoms with Crippen LogP contribution in [0.15, 0.2) is 58.2 Å². The van der Waals surface area contributed by atoms with E-state index >= 15 is 0 Å². The number of hydrogen-bond donors (Lipinski definition) is 1. The van der Waals surface area contributed by atoms with Gasteiger partial charge in [0.2, 0.25) is 16.9 Å². The molecule has 1 saturated heterocycles. The first-order valence-electron chi connectivity index (χ1n) is 11.9. The second-order valence-electron chi connectivity index (χ2n) is 9.25. The van der Waals surface area contributed by atoms with Gasteiger partial charge in [0.05, 0.1) is 17.9 Å². The molecule has 15 heteroatoms. The maximum Gasteiger partial charge on any atom is 0.433 e. The highest BCUT2D eigenvalue weighted by Crippen LogP contribution is 2.32. The minimum Gasteiger partial charge on any atom is -0.443 e. The Hall–Kier alpha value is -4.11. The molecule has 1 N–H and O–H groups in total. The lowest BCUT2D eigenvalue weighted by molar-refractivity contribution is -0.141. The fourth-order valence-corrected chi connectivity index (χ4v) is 5.66. The van der Waals surface area contributed by atoms with Gasteiger partial charge in [-0.25, -0.2) is 22.8 Å². The maximum atomic E-state index is 13.5. The first-order chi connectivity index (χ1) is 18.8. The highest BCUT2D eigenvalue weighted by molar-refractivity contribution is 7.89. The Bertz CT molecular complexity index is 1690. The molecule has 3 aromatic heterocycles. The molecule has 1 amide bonds. The fourth-order valence-electron chi connectivity index (χ4n) is 4.08. The molecule has 210 valence electrons. The number of carbonyl (C=O) groups is 1. The predicted octanol–water partition coefficient (Wildman–Crippen LogP) is 3.59. The Morgan fingerprint density at radius 2 is 1.93 bits per heavy atom. The lowest BCUT2D eigenvalue weighted by Crippen LogP contribution is -2.57. The first-order valence-corrected chi connectivity index (χ1v) is 13.3. The Morgan fingerprint density at radius 1 is 1.15 bits per heavy atom. The molecule has 40 heavy (non-hydrogen) atoms. The molecule has 1 aliphatic heterocycles. The summed E-state index contributed by atoms with van der Waals surface area (Å²) in [5, 5.41) is 2.54. The third kappa shape index (κ3) is 5.34. The van der Waals surface area contributed by atoms with E-state index in [4.69, 9.17) is 4.42 Å². The van der Waals surface area contributed by atoms with Gasteiger partial charge in [-0.05, 0) is 42.8 Å². The number of alkyl halides is 3. The molecule has 4 heterocycles. The summed E-state index contributed by atoms with van der Waals surface area (Å²) in [6.45, 7) is -0.00720. The summed E-state index contributed by atoms with van der Waals surface area (Å²) in [6.07, 6.45) is -3.26. The van der Waals surface area contributed by atoms with Gasteiger partial charge in [0.25, 0.3) is 10.0 Å². The average Bonchev–Trinajstić information content (AvgIpc) is 3.30. The number of rotatable bonds is 7. The molecular formula is C25H22F4N6O4S. The summed E-state index contributed by atoms with van der Waals surface area (Å²) in [5.41, 5.74) is 0.0998. The minimum absolute atomic E-state index is 0.0924. The first kappa shape index (κ1) is 27.5. The number of carbonyl (C=O) groups excluding carboxylic acids is 1. The molecule has 1 unspecified atom stereocenters. The van der Waals surface area contributed by atoms with Crippen molar-refractivity contribution in [3.05, 3.63) is 65.9 Å². The predicted molar refractivity (Wildman–Crippen MR) is 135 cm³/mol. The molecule has 0 spiro atoms. The van der Waals surface area contributed by atoms with E-state index in [9.17, 15) is 30.8 Å². The molecule has 0 aliphatic carbocycles. The third-order valence-electron chi connectivity index (χ3n) is 6.25. The molecule has 5 rings (SSSR count). The summed E-state index contributed by atoms with van der Waals surface area (Å²) in [4.78, 5) is 26.7. The SMILES string of the molecule is CN(C)c1nc(CNC(=O)C2CCN2S(=O)(=O)c2cc3cc(F)ccc3o2)cc(-c2ccc(C(F)(F)F)nc2)n1. The number of aromatic nitrogens is 3. The van der Waals surface area contributed by atoms with Crippen LogP contribution in [0.5, 0.6) is 0 Å². The average molecular weight is 579 g/mol. The molecule has 0 radical (unpaired) electrons. The van der Waals surface area contributed by atoms with Gasteiger partial charge in [0.15, 0.2) is 0 Å². The van der Waals surface area contributed by atoms with Crippen LogP contribution >= 0.6 is 0 Å². The number of nitrogens with zero attached hydrogens (tertiary/aromatic N) is 5. The zero-order valence-electron chi connectivity index (χ0n) is 21.1. The molecule has 1 aromatic carbocycles. The Kier molecular flexibility index (Phi) is 6.95. The van der Waals surface area contributed by atoms with Gasteiger partial charge >= 0.3 is 6.18 Å². The normalized spacial score (nSPS) is 16.1. The van der Waals surface area contributed by atoms with Crippen LogP contribution in [-0.2, 0) is 27.5 Å². The van der Waals surface area contributed by atoms with E-state index in [-0.39, 0.29) is 36.4 Å². The molecule has 10 nitrogen and oxygen atoms in total. The van der Waals surface area contributed by atoms with Crippen molar-refractivity contribution in [1.82, 2.24) is 24.6 Å². The van der Waals surface area contributed by atoms with Crippen LogP contribution in [0.2, 0.25) is 0 Å². The molecule has 4 aromatic rings. The van der Waals surface area contributed by atoms with Crippen molar-refractivity contribution in [2.24, 2.45) is 0 Å². The molecule has 0 saturated carbocycles. The second kappa shape index (κ2) is 10.1. The van der Waals surface area contributed by atoms with Crippen molar-refractivity contribution in [3.8, 4) is 11.3 Å². The number of pyridine rings is 1. The number of amides is 1. The number of sulfonamides is 1. The summed E-state index contributed by atoms with van der Waals surface area (Å²) >= 11 is 0. The fraction of sp³-hybridized carbons (Fsp3) is 0.280. The number of anilines is 1. The van der Waals surface area contributed by atoms with Crippen LogP contribution < -0.4 is 10.2 Å². The molecule has 1 fully saturated rings. The lowest BCUT2D eigenvalue weighted by atomic mass is 10.1. The number of benzene rings is 1. The van der Waals surface area contributed by atoms with Crippen molar-refractivity contribution >= 4 is 32.8 Å². The Balaban J connectivity index is 1.32. The van der Waals surface area contributed by atoms with E-state index < -0.39 is 44.8 Å². The summed E-state index contributed by atoms with van der Waals surface area (Å²) < 4.78 is 84.8. The number of fused-ring (bicyclic) bond motifs is 1. The zero-order valence-corrected chi connectivity index (χ0v) is 21.9. The van der Waals surface area contributed by atoms with Gasteiger partial charge in [-0.3, -0.25) is 9.78 Å². The monoisotopic (exact) mass is 578 g/mol. The minimum atomic E-state index is -4.58. The summed E-state index contributed by atoms with van der Waals surface area (Å²) in [7, 11) is -0.812. The largest absolute Gasteiger partial charge is 0.443 e. The van der Waals surface area contributed by atoms with Gasteiger partial charge in [0.1, 0.15) is 23.1 Å². The van der Waals surface area contributed by atoms with E-state index in [1.54, 1.807) is 19.0 Å². The van der Waals surface area contributed by atoms with Gasteiger partial charge in [-0.2, -0.15) is 17.5 Å². The number of furan rings is 1. The van der Waals surface area contributed by atoms with Gasteiger partial charge < -0.3 is 14.6 Å². The van der Waals surface area contributed by atoms with E-state index in [0.717, 1.165) is 28.7 Å². The van der Waals surface area contributed by atoms with E-state index in [1.807, 2.05) is 0 Å². The Labute approximate surface area is 225 Å². The van der Waals surface area contributed by atoms with Crippen molar-refractivity contribution in [1.29, 1.82) is 0 Å². The van der Waals surface area contributed by atoms with Crippen molar-refractivity contribution < 1.29 is 35.2 Å². The van der Waals surface area contributed by atoms with Gasteiger partial charge in [-0.15, -0.1) is 0 Å². The third-order valence-corrected chi connectivity index (χ3v) is 8.02. The van der Waals surface area contributed by atoms with Crippen LogP contribution in [0, 0.1) is 5.82 Å². The molecular weight excluding hydrogens is 556 g/mol. The zero-order chi connectivity index (χ0) is 28.8. The highest BCUT2D eigenvalue weighted by Gasteiger charge is 2.44. The standard InChI is InChI=1S/C25H22F4N6O4S/c1-34(2)24-32-17(11-18(33-24)14-3-6-21(30-12-14)25(27,28)29)13-31-23(36)19-7-8-35(19)40(37,38)22-10-15-9-16(26)4-5-20(15)39-22/h3-6,9-12,19H,7-8,13H2,1-2H3,(H,31,36). The topological polar surface area (TPSA) is 122 Å². The van der Waals surface area contributed by atoms with E-state index in [0.29, 0.717) is 17.0 Å². The number of hydrogen-bond acceptors (Lipinski definition) is 8. The molecule has 1 aliphatic rings. The highest BCUT2D eigenvalue weighted by atomic mass is 32.2. The van der Waals surface area contributed by atoms with Crippen LogP contribution in [0.4, 0.5) is 23.5 Å². The van der Waals surface area contributed by atoms with E-state index in [2.05, 4.69) is 20.3 Å². The van der Waals surface area contributed by atoms with Crippen LogP contribution in [-0.4, -0.2) is 60.3 Å². The quantitative estimate of drug-likeness (QED) is 0.331. The van der Waals surface area contributed by atoms with Gasteiger partial charge in [0, 0.05) is 43.9 Å². The van der Waals surface area contributed by atoms with Crippen LogP contribution in [0.1, 0.15) is 17.8 Å². The smallest absolute Gasteiger partial charge is 0.433 e. The number of nitrogens with one attached hydrogen (secondary N) is 1. The number of halogens is 4. The summed E-state index contributed by atoms with van der Waals surface area (Å²) in [5.74, 6) is -0.867. The Morgan fingerprint density at radius 3 is 2.55 bits per heavy atom. The van der Waals surface area contributed by atoms with Crippen molar-refractivity contribution in [2.75, 3.05) is 25.5 Å². The lowest BCUT2D eigenvalue weighted by Gasteiger charge is -2.37. The molecule has 0 bridgehead atoms. The maximum absolute atomic E-state index is 13.5. The van der Waals surface area contributed by atoms with Crippen molar-refractivity contribution in [2.45, 2.75) is 30.3 Å². The van der Waals surface area contributed by atoms with Crippen LogP contribution in [0.25, 0.3) is 22.2 Å².